The van der Waals surface area contributed by atoms with Gasteiger partial charge < -0.3 is 15.5 Å². The van der Waals surface area contributed by atoms with E-state index < -0.39 is 0 Å². The lowest BCUT2D eigenvalue weighted by Gasteiger charge is -2.32. The Morgan fingerprint density at radius 3 is 2.37 bits per heavy atom. The fourth-order valence-electron chi connectivity index (χ4n) is 3.02. The zero-order chi connectivity index (χ0) is 13.2. The van der Waals surface area contributed by atoms with Crippen LogP contribution in [0.15, 0.2) is 6.07 Å². The Balaban J connectivity index is 1.84. The van der Waals surface area contributed by atoms with Crippen LogP contribution in [0.3, 0.4) is 0 Å². The molecule has 5 nitrogen and oxygen atoms in total. The lowest BCUT2D eigenvalue weighted by molar-refractivity contribution is 0.502. The fourth-order valence-corrected chi connectivity index (χ4v) is 3.02. The highest BCUT2D eigenvalue weighted by Gasteiger charge is 2.21. The molecule has 0 radical (unpaired) electrons. The molecular formula is C14H23N5. The SMILES string of the molecule is Cc1nc(N2CCCC2)cc(N2CCCC(N)C2)n1. The van der Waals surface area contributed by atoms with Gasteiger partial charge in [0.1, 0.15) is 17.5 Å². The number of rotatable bonds is 2. The predicted molar refractivity (Wildman–Crippen MR) is 77.6 cm³/mol. The molecule has 0 aliphatic carbocycles. The highest BCUT2D eigenvalue weighted by Crippen LogP contribution is 2.24. The van der Waals surface area contributed by atoms with Crippen LogP contribution in [0.5, 0.6) is 0 Å². The highest BCUT2D eigenvalue weighted by atomic mass is 15.2. The van der Waals surface area contributed by atoms with Crippen LogP contribution in [0.25, 0.3) is 0 Å². The van der Waals surface area contributed by atoms with E-state index in [-0.39, 0.29) is 6.04 Å². The van der Waals surface area contributed by atoms with E-state index in [9.17, 15) is 0 Å². The molecule has 104 valence electrons. The van der Waals surface area contributed by atoms with Gasteiger partial charge in [0.05, 0.1) is 0 Å². The van der Waals surface area contributed by atoms with E-state index in [1.54, 1.807) is 0 Å². The van der Waals surface area contributed by atoms with Gasteiger partial charge in [-0.15, -0.1) is 0 Å². The number of hydrogen-bond donors (Lipinski definition) is 1. The van der Waals surface area contributed by atoms with Crippen molar-refractivity contribution >= 4 is 11.6 Å². The van der Waals surface area contributed by atoms with Crippen LogP contribution in [-0.4, -0.2) is 42.2 Å². The van der Waals surface area contributed by atoms with Crippen molar-refractivity contribution in [2.45, 2.75) is 38.6 Å². The summed E-state index contributed by atoms with van der Waals surface area (Å²) in [6, 6.07) is 2.41. The smallest absolute Gasteiger partial charge is 0.134 e. The van der Waals surface area contributed by atoms with Gasteiger partial charge in [-0.05, 0) is 32.6 Å². The van der Waals surface area contributed by atoms with Crippen LogP contribution in [0.4, 0.5) is 11.6 Å². The van der Waals surface area contributed by atoms with Crippen LogP contribution in [0, 0.1) is 6.92 Å². The third-order valence-electron chi connectivity index (χ3n) is 4.02. The summed E-state index contributed by atoms with van der Waals surface area (Å²) in [6.45, 7) is 6.19. The van der Waals surface area contributed by atoms with E-state index in [1.807, 2.05) is 6.92 Å². The van der Waals surface area contributed by atoms with E-state index in [4.69, 9.17) is 5.73 Å². The Labute approximate surface area is 114 Å². The molecule has 0 amide bonds. The first-order valence-electron chi connectivity index (χ1n) is 7.33. The van der Waals surface area contributed by atoms with Gasteiger partial charge in [0.25, 0.3) is 0 Å². The summed E-state index contributed by atoms with van der Waals surface area (Å²) in [7, 11) is 0. The number of nitrogens with two attached hydrogens (primary N) is 1. The molecule has 2 saturated heterocycles. The summed E-state index contributed by atoms with van der Waals surface area (Å²) in [5, 5.41) is 0. The van der Waals surface area contributed by atoms with Crippen molar-refractivity contribution in [1.29, 1.82) is 0 Å². The van der Waals surface area contributed by atoms with Gasteiger partial charge in [-0.2, -0.15) is 0 Å². The van der Waals surface area contributed by atoms with Crippen molar-refractivity contribution in [3.63, 3.8) is 0 Å². The predicted octanol–water partition coefficient (Wildman–Crippen LogP) is 1.31. The minimum Gasteiger partial charge on any atom is -0.356 e. The quantitative estimate of drug-likeness (QED) is 0.870. The Bertz CT molecular complexity index is 441. The molecule has 0 aromatic carbocycles. The van der Waals surface area contributed by atoms with E-state index in [0.29, 0.717) is 0 Å². The monoisotopic (exact) mass is 261 g/mol. The summed E-state index contributed by atoms with van der Waals surface area (Å²) in [4.78, 5) is 13.9. The van der Waals surface area contributed by atoms with Gasteiger partial charge in [-0.3, -0.25) is 0 Å². The topological polar surface area (TPSA) is 58.3 Å². The second kappa shape index (κ2) is 5.33. The van der Waals surface area contributed by atoms with E-state index in [2.05, 4.69) is 25.8 Å². The van der Waals surface area contributed by atoms with Crippen molar-refractivity contribution in [3.05, 3.63) is 11.9 Å². The van der Waals surface area contributed by atoms with E-state index in [0.717, 1.165) is 56.5 Å². The molecule has 19 heavy (non-hydrogen) atoms. The third-order valence-corrected chi connectivity index (χ3v) is 4.02. The summed E-state index contributed by atoms with van der Waals surface area (Å²) in [6.07, 6.45) is 4.82. The minimum atomic E-state index is 0.277. The maximum atomic E-state index is 6.07. The molecular weight excluding hydrogens is 238 g/mol. The Morgan fingerprint density at radius 1 is 1.05 bits per heavy atom. The number of anilines is 2. The van der Waals surface area contributed by atoms with Crippen LogP contribution in [0.2, 0.25) is 0 Å². The molecule has 3 heterocycles. The van der Waals surface area contributed by atoms with Crippen LogP contribution >= 0.6 is 0 Å². The molecule has 2 N–H and O–H groups in total. The van der Waals surface area contributed by atoms with E-state index in [1.165, 1.54) is 12.8 Å². The van der Waals surface area contributed by atoms with Gasteiger partial charge in [-0.25, -0.2) is 9.97 Å². The Kier molecular flexibility index (Phi) is 3.55. The van der Waals surface area contributed by atoms with E-state index >= 15 is 0 Å². The number of nitrogens with zero attached hydrogens (tertiary/aromatic N) is 4. The first-order valence-corrected chi connectivity index (χ1v) is 7.33. The maximum Gasteiger partial charge on any atom is 0.134 e. The summed E-state index contributed by atoms with van der Waals surface area (Å²) in [5.74, 6) is 2.99. The molecule has 2 aliphatic heterocycles. The zero-order valence-electron chi connectivity index (χ0n) is 11.7. The summed E-state index contributed by atoms with van der Waals surface area (Å²) < 4.78 is 0. The largest absolute Gasteiger partial charge is 0.356 e. The first kappa shape index (κ1) is 12.7. The van der Waals surface area contributed by atoms with Gasteiger partial charge >= 0.3 is 0 Å². The third kappa shape index (κ3) is 2.81. The molecule has 1 atom stereocenters. The van der Waals surface area contributed by atoms with Crippen LogP contribution in [-0.2, 0) is 0 Å². The van der Waals surface area contributed by atoms with Crippen LogP contribution in [0.1, 0.15) is 31.5 Å². The zero-order valence-corrected chi connectivity index (χ0v) is 11.7. The molecule has 0 spiro atoms. The van der Waals surface area contributed by atoms with Gasteiger partial charge in [0.15, 0.2) is 0 Å². The molecule has 2 aliphatic rings. The molecule has 2 fully saturated rings. The molecule has 1 aromatic heterocycles. The number of hydrogen-bond acceptors (Lipinski definition) is 5. The average molecular weight is 261 g/mol. The maximum absolute atomic E-state index is 6.07. The molecule has 3 rings (SSSR count). The lowest BCUT2D eigenvalue weighted by atomic mass is 10.1. The lowest BCUT2D eigenvalue weighted by Crippen LogP contribution is -2.43. The van der Waals surface area contributed by atoms with Gasteiger partial charge in [0.2, 0.25) is 0 Å². The molecule has 1 unspecified atom stereocenters. The number of aryl methyl sites for hydroxylation is 1. The van der Waals surface area contributed by atoms with Crippen molar-refractivity contribution in [3.8, 4) is 0 Å². The van der Waals surface area contributed by atoms with Gasteiger partial charge in [0, 0.05) is 38.3 Å². The van der Waals surface area contributed by atoms with Crippen molar-refractivity contribution in [2.24, 2.45) is 5.73 Å². The average Bonchev–Trinajstić information content (AvgIpc) is 2.92. The van der Waals surface area contributed by atoms with Crippen LogP contribution < -0.4 is 15.5 Å². The summed E-state index contributed by atoms with van der Waals surface area (Å²) in [5.41, 5.74) is 6.07. The van der Waals surface area contributed by atoms with Crippen molar-refractivity contribution in [2.75, 3.05) is 36.0 Å². The Hall–Kier alpha value is -1.36. The van der Waals surface area contributed by atoms with Crippen molar-refractivity contribution in [1.82, 2.24) is 9.97 Å². The molecule has 0 bridgehead atoms. The second-order valence-corrected chi connectivity index (χ2v) is 5.67. The van der Waals surface area contributed by atoms with Crippen molar-refractivity contribution < 1.29 is 0 Å². The molecule has 1 aromatic rings. The molecule has 0 saturated carbocycles. The highest BCUT2D eigenvalue weighted by molar-refractivity contribution is 5.51. The standard InChI is InChI=1S/C14H23N5/c1-11-16-13(18-6-2-3-7-18)9-14(17-11)19-8-4-5-12(15)10-19/h9,12H,2-8,10,15H2,1H3. The second-order valence-electron chi connectivity index (χ2n) is 5.67. The van der Waals surface area contributed by atoms with Gasteiger partial charge in [-0.1, -0.05) is 0 Å². The number of piperidine rings is 1. The summed E-state index contributed by atoms with van der Waals surface area (Å²) >= 11 is 0. The molecule has 5 heteroatoms. The Morgan fingerprint density at radius 2 is 1.68 bits per heavy atom. The fraction of sp³-hybridized carbons (Fsp3) is 0.714. The first-order chi connectivity index (χ1) is 9.22. The number of aromatic nitrogens is 2. The minimum absolute atomic E-state index is 0.277. The normalized spacial score (nSPS) is 24.0.